The minimum Gasteiger partial charge on any atom is -0.390 e. The van der Waals surface area contributed by atoms with Crippen LogP contribution in [-0.4, -0.2) is 34.2 Å². The van der Waals surface area contributed by atoms with E-state index < -0.39 is 0 Å². The maximum absolute atomic E-state index is 9.10. The molecule has 1 atom stereocenters. The van der Waals surface area contributed by atoms with Gasteiger partial charge in [-0.05, 0) is 30.7 Å². The van der Waals surface area contributed by atoms with Gasteiger partial charge < -0.3 is 15.3 Å². The van der Waals surface area contributed by atoms with Gasteiger partial charge in [0.1, 0.15) is 0 Å². The molecule has 0 amide bonds. The van der Waals surface area contributed by atoms with Crippen LogP contribution in [0.4, 0.5) is 11.6 Å². The molecule has 2 aromatic rings. The molecular weight excluding hydrogens is 288 g/mol. The van der Waals surface area contributed by atoms with Gasteiger partial charge in [-0.3, -0.25) is 0 Å². The average molecular weight is 305 g/mol. The van der Waals surface area contributed by atoms with E-state index in [0.29, 0.717) is 11.6 Å². The summed E-state index contributed by atoms with van der Waals surface area (Å²) in [6, 6.07) is 9.89. The first kappa shape index (κ1) is 14.1. The molecule has 2 N–H and O–H groups in total. The predicted octanol–water partition coefficient (Wildman–Crippen LogP) is 2.31. The molecule has 6 heteroatoms. The lowest BCUT2D eigenvalue weighted by Gasteiger charge is -2.19. The first-order valence-electron chi connectivity index (χ1n) is 6.94. The second-order valence-corrected chi connectivity index (χ2v) is 5.52. The van der Waals surface area contributed by atoms with Crippen molar-refractivity contribution in [2.45, 2.75) is 19.1 Å². The zero-order chi connectivity index (χ0) is 14.7. The summed E-state index contributed by atoms with van der Waals surface area (Å²) in [5.74, 6) is 0.569. The Kier molecular flexibility index (Phi) is 4.22. The van der Waals surface area contributed by atoms with Crippen LogP contribution < -0.4 is 10.2 Å². The summed E-state index contributed by atoms with van der Waals surface area (Å²) in [7, 11) is 0. The van der Waals surface area contributed by atoms with Crippen molar-refractivity contribution in [3.63, 3.8) is 0 Å². The number of benzene rings is 1. The monoisotopic (exact) mass is 304 g/mol. The highest BCUT2D eigenvalue weighted by molar-refractivity contribution is 6.30. The van der Waals surface area contributed by atoms with Gasteiger partial charge in [-0.2, -0.15) is 0 Å². The van der Waals surface area contributed by atoms with Crippen LogP contribution in [0.15, 0.2) is 36.5 Å². The van der Waals surface area contributed by atoms with Gasteiger partial charge in [0.25, 0.3) is 0 Å². The molecule has 0 bridgehead atoms. The molecule has 1 aliphatic rings. The number of rotatable bonds is 4. The summed E-state index contributed by atoms with van der Waals surface area (Å²) >= 11 is 6.04. The van der Waals surface area contributed by atoms with Crippen LogP contribution in [0.25, 0.3) is 0 Å². The minimum absolute atomic E-state index is 0.0729. The smallest absolute Gasteiger partial charge is 0.223 e. The third-order valence-electron chi connectivity index (χ3n) is 3.57. The zero-order valence-electron chi connectivity index (χ0n) is 11.5. The van der Waals surface area contributed by atoms with E-state index in [4.69, 9.17) is 16.7 Å². The number of anilines is 2. The minimum atomic E-state index is -0.0729. The number of nitrogens with one attached hydrogen (secondary N) is 1. The summed E-state index contributed by atoms with van der Waals surface area (Å²) in [6.45, 7) is 1.78. The first-order chi connectivity index (χ1) is 10.2. The molecule has 110 valence electrons. The van der Waals surface area contributed by atoms with Crippen molar-refractivity contribution in [2.75, 3.05) is 23.3 Å². The van der Waals surface area contributed by atoms with Gasteiger partial charge in [0.2, 0.25) is 5.95 Å². The Morgan fingerprint density at radius 3 is 3.10 bits per heavy atom. The molecule has 0 radical (unpaired) electrons. The molecular formula is C15H17ClN4O. The second kappa shape index (κ2) is 6.28. The highest BCUT2D eigenvalue weighted by atomic mass is 35.5. The Hall–Kier alpha value is -1.85. The van der Waals surface area contributed by atoms with E-state index in [-0.39, 0.29) is 12.6 Å². The molecule has 3 rings (SSSR count). The molecule has 1 unspecified atom stereocenters. The number of halogens is 1. The quantitative estimate of drug-likeness (QED) is 0.907. The molecule has 1 aromatic carbocycles. The fourth-order valence-corrected chi connectivity index (χ4v) is 2.71. The van der Waals surface area contributed by atoms with E-state index in [2.05, 4.69) is 26.3 Å². The summed E-state index contributed by atoms with van der Waals surface area (Å²) in [5, 5.41) is 13.2. The first-order valence-corrected chi connectivity index (χ1v) is 7.32. The van der Waals surface area contributed by atoms with Crippen molar-refractivity contribution < 1.29 is 5.11 Å². The number of nitrogens with zero attached hydrogens (tertiary/aromatic N) is 3. The van der Waals surface area contributed by atoms with Crippen LogP contribution in [0.1, 0.15) is 12.1 Å². The van der Waals surface area contributed by atoms with Gasteiger partial charge in [-0.1, -0.05) is 17.7 Å². The van der Waals surface area contributed by atoms with Gasteiger partial charge in [0, 0.05) is 36.0 Å². The van der Waals surface area contributed by atoms with Crippen LogP contribution in [0, 0.1) is 0 Å². The van der Waals surface area contributed by atoms with Crippen LogP contribution in [-0.2, 0) is 6.61 Å². The van der Waals surface area contributed by atoms with E-state index >= 15 is 0 Å². The topological polar surface area (TPSA) is 61.3 Å². The maximum Gasteiger partial charge on any atom is 0.223 e. The second-order valence-electron chi connectivity index (χ2n) is 5.09. The van der Waals surface area contributed by atoms with Crippen LogP contribution >= 0.6 is 11.6 Å². The van der Waals surface area contributed by atoms with E-state index in [1.807, 2.05) is 18.2 Å². The summed E-state index contributed by atoms with van der Waals surface area (Å²) in [5.41, 5.74) is 1.76. The molecule has 0 saturated carbocycles. The molecule has 1 aliphatic heterocycles. The molecule has 21 heavy (non-hydrogen) atoms. The SMILES string of the molecule is OCc1ccnc(NC2CCN(c3cccc(Cl)c3)C2)n1. The van der Waals surface area contributed by atoms with Crippen molar-refractivity contribution >= 4 is 23.2 Å². The molecule has 0 spiro atoms. The summed E-state index contributed by atoms with van der Waals surface area (Å²) in [6.07, 6.45) is 2.67. The van der Waals surface area contributed by atoms with E-state index in [9.17, 15) is 0 Å². The van der Waals surface area contributed by atoms with Crippen molar-refractivity contribution in [1.82, 2.24) is 9.97 Å². The Bertz CT molecular complexity index is 622. The third-order valence-corrected chi connectivity index (χ3v) is 3.81. The Morgan fingerprint density at radius 2 is 2.29 bits per heavy atom. The molecule has 5 nitrogen and oxygen atoms in total. The Labute approximate surface area is 128 Å². The number of aliphatic hydroxyl groups is 1. The highest BCUT2D eigenvalue weighted by Crippen LogP contribution is 2.24. The summed E-state index contributed by atoms with van der Waals surface area (Å²) < 4.78 is 0. The molecule has 2 heterocycles. The third kappa shape index (κ3) is 3.43. The largest absolute Gasteiger partial charge is 0.390 e. The molecule has 0 aliphatic carbocycles. The maximum atomic E-state index is 9.10. The Morgan fingerprint density at radius 1 is 1.38 bits per heavy atom. The standard InChI is InChI=1S/C15H17ClN4O/c16-11-2-1-3-14(8-11)20-7-5-12(9-20)18-15-17-6-4-13(10-21)19-15/h1-4,6,8,12,21H,5,7,9-10H2,(H,17,18,19). The predicted molar refractivity (Wildman–Crippen MR) is 83.6 cm³/mol. The number of aromatic nitrogens is 2. The number of hydrogen-bond donors (Lipinski definition) is 2. The van der Waals surface area contributed by atoms with Crippen molar-refractivity contribution in [2.24, 2.45) is 0 Å². The lowest BCUT2D eigenvalue weighted by Crippen LogP contribution is -2.26. The fraction of sp³-hybridized carbons (Fsp3) is 0.333. The summed E-state index contributed by atoms with van der Waals surface area (Å²) in [4.78, 5) is 10.7. The molecule has 1 aromatic heterocycles. The van der Waals surface area contributed by atoms with Crippen molar-refractivity contribution in [3.8, 4) is 0 Å². The van der Waals surface area contributed by atoms with Gasteiger partial charge in [0.05, 0.1) is 12.3 Å². The van der Waals surface area contributed by atoms with Crippen molar-refractivity contribution in [3.05, 3.63) is 47.2 Å². The van der Waals surface area contributed by atoms with Gasteiger partial charge >= 0.3 is 0 Å². The number of aliphatic hydroxyl groups excluding tert-OH is 1. The van der Waals surface area contributed by atoms with Gasteiger partial charge in [-0.25, -0.2) is 9.97 Å². The zero-order valence-corrected chi connectivity index (χ0v) is 12.3. The van der Waals surface area contributed by atoms with Crippen LogP contribution in [0.3, 0.4) is 0 Å². The normalized spacial score (nSPS) is 18.0. The van der Waals surface area contributed by atoms with E-state index in [1.54, 1.807) is 12.3 Å². The Balaban J connectivity index is 1.64. The average Bonchev–Trinajstić information content (AvgIpc) is 2.96. The van der Waals surface area contributed by atoms with Crippen LogP contribution in [0.2, 0.25) is 5.02 Å². The lowest BCUT2D eigenvalue weighted by atomic mass is 10.3. The van der Waals surface area contributed by atoms with Crippen LogP contribution in [0.5, 0.6) is 0 Å². The van der Waals surface area contributed by atoms with E-state index in [0.717, 1.165) is 30.2 Å². The van der Waals surface area contributed by atoms with Gasteiger partial charge in [0.15, 0.2) is 0 Å². The highest BCUT2D eigenvalue weighted by Gasteiger charge is 2.23. The molecule has 1 fully saturated rings. The van der Waals surface area contributed by atoms with Crippen molar-refractivity contribution in [1.29, 1.82) is 0 Å². The lowest BCUT2D eigenvalue weighted by molar-refractivity contribution is 0.277. The fourth-order valence-electron chi connectivity index (χ4n) is 2.52. The molecule has 1 saturated heterocycles. The number of hydrogen-bond acceptors (Lipinski definition) is 5. The van der Waals surface area contributed by atoms with E-state index in [1.165, 1.54) is 0 Å². The van der Waals surface area contributed by atoms with Gasteiger partial charge in [-0.15, -0.1) is 0 Å².